The molecule has 0 unspecified atom stereocenters. The van der Waals surface area contributed by atoms with Crippen molar-refractivity contribution < 1.29 is 24.2 Å². The summed E-state index contributed by atoms with van der Waals surface area (Å²) in [5, 5.41) is 9.23. The number of ketones is 1. The minimum Gasteiger partial charge on any atom is -0.465 e. The minimum atomic E-state index is -1.17. The SMILES string of the molecule is O=C1C[C@@H]2C[C@H]1[C@@H](C(=O)OCc1ccccc1)N2C(=O)O. The number of carbonyl (C=O) groups excluding carboxylic acids is 2. The lowest BCUT2D eigenvalue weighted by molar-refractivity contribution is -0.154. The molecule has 1 N–H and O–H groups in total. The maximum Gasteiger partial charge on any atom is 0.408 e. The van der Waals surface area contributed by atoms with Gasteiger partial charge in [-0.05, 0) is 12.0 Å². The Bertz CT molecular complexity index is 585. The highest BCUT2D eigenvalue weighted by Crippen LogP contribution is 2.40. The highest BCUT2D eigenvalue weighted by Gasteiger charge is 2.56. The lowest BCUT2D eigenvalue weighted by Gasteiger charge is -2.30. The number of ether oxygens (including phenoxy) is 1. The van der Waals surface area contributed by atoms with E-state index in [9.17, 15) is 19.5 Å². The predicted molar refractivity (Wildman–Crippen MR) is 71.4 cm³/mol. The van der Waals surface area contributed by atoms with Gasteiger partial charge in [-0.25, -0.2) is 9.59 Å². The molecule has 1 saturated heterocycles. The smallest absolute Gasteiger partial charge is 0.408 e. The van der Waals surface area contributed by atoms with Gasteiger partial charge in [-0.1, -0.05) is 30.3 Å². The number of hydrogen-bond donors (Lipinski definition) is 1. The van der Waals surface area contributed by atoms with Gasteiger partial charge in [0, 0.05) is 12.5 Å². The van der Waals surface area contributed by atoms with Crippen LogP contribution in [0.4, 0.5) is 4.79 Å². The third kappa shape index (κ3) is 2.37. The van der Waals surface area contributed by atoms with Crippen LogP contribution in [0, 0.1) is 5.92 Å². The molecule has 21 heavy (non-hydrogen) atoms. The fourth-order valence-corrected chi connectivity index (χ4v) is 3.20. The van der Waals surface area contributed by atoms with E-state index < -0.39 is 24.0 Å². The van der Waals surface area contributed by atoms with Gasteiger partial charge in [-0.3, -0.25) is 9.69 Å². The average molecular weight is 289 g/mol. The number of hydrogen-bond acceptors (Lipinski definition) is 4. The Morgan fingerprint density at radius 1 is 1.29 bits per heavy atom. The van der Waals surface area contributed by atoms with Crippen LogP contribution in [0.3, 0.4) is 0 Å². The molecule has 3 rings (SSSR count). The van der Waals surface area contributed by atoms with Crippen molar-refractivity contribution in [2.45, 2.75) is 31.5 Å². The van der Waals surface area contributed by atoms with E-state index >= 15 is 0 Å². The van der Waals surface area contributed by atoms with Crippen LogP contribution in [-0.2, 0) is 20.9 Å². The summed E-state index contributed by atoms with van der Waals surface area (Å²) in [7, 11) is 0. The Morgan fingerprint density at radius 2 is 2.00 bits per heavy atom. The van der Waals surface area contributed by atoms with Gasteiger partial charge >= 0.3 is 12.1 Å². The number of carbonyl (C=O) groups is 3. The first-order valence-electron chi connectivity index (χ1n) is 6.82. The van der Waals surface area contributed by atoms with Gasteiger partial charge in [0.2, 0.25) is 0 Å². The second-order valence-corrected chi connectivity index (χ2v) is 5.39. The lowest BCUT2D eigenvalue weighted by Crippen LogP contribution is -2.51. The number of esters is 1. The summed E-state index contributed by atoms with van der Waals surface area (Å²) in [4.78, 5) is 36.3. The summed E-state index contributed by atoms with van der Waals surface area (Å²) in [5.74, 6) is -1.23. The van der Waals surface area contributed by atoms with Crippen LogP contribution in [0.2, 0.25) is 0 Å². The molecule has 1 aliphatic carbocycles. The van der Waals surface area contributed by atoms with Gasteiger partial charge in [0.1, 0.15) is 18.4 Å². The number of piperidine rings is 1. The predicted octanol–water partition coefficient (Wildman–Crippen LogP) is 1.44. The quantitative estimate of drug-likeness (QED) is 0.851. The number of benzene rings is 1. The van der Waals surface area contributed by atoms with E-state index in [4.69, 9.17) is 4.74 Å². The normalized spacial score (nSPS) is 27.0. The van der Waals surface area contributed by atoms with Crippen LogP contribution >= 0.6 is 0 Å². The van der Waals surface area contributed by atoms with Gasteiger partial charge < -0.3 is 9.84 Å². The molecule has 6 nitrogen and oxygen atoms in total. The molecule has 2 bridgehead atoms. The molecule has 0 aromatic heterocycles. The molecule has 110 valence electrons. The van der Waals surface area contributed by atoms with E-state index in [2.05, 4.69) is 0 Å². The molecule has 1 aromatic carbocycles. The van der Waals surface area contributed by atoms with Crippen LogP contribution in [0.15, 0.2) is 30.3 Å². The fraction of sp³-hybridized carbons (Fsp3) is 0.400. The van der Waals surface area contributed by atoms with Crippen LogP contribution in [-0.4, -0.2) is 39.9 Å². The number of amides is 1. The first-order valence-corrected chi connectivity index (χ1v) is 6.82. The largest absolute Gasteiger partial charge is 0.465 e. The second kappa shape index (κ2) is 5.20. The van der Waals surface area contributed by atoms with E-state index in [1.807, 2.05) is 30.3 Å². The van der Waals surface area contributed by atoms with Crippen molar-refractivity contribution in [1.82, 2.24) is 4.90 Å². The standard InChI is InChI=1S/C15H15NO5/c17-12-7-10-6-11(12)13(16(10)15(19)20)14(18)21-8-9-4-2-1-3-5-9/h1-5,10-11,13H,6-8H2,(H,19,20)/t10-,11+,13-/m0/s1. The second-order valence-electron chi connectivity index (χ2n) is 5.39. The van der Waals surface area contributed by atoms with Crippen molar-refractivity contribution in [2.24, 2.45) is 5.92 Å². The molecule has 3 atom stereocenters. The van der Waals surface area contributed by atoms with E-state index in [0.29, 0.717) is 6.42 Å². The van der Waals surface area contributed by atoms with Crippen molar-refractivity contribution in [2.75, 3.05) is 0 Å². The maximum atomic E-state index is 12.2. The third-order valence-electron chi connectivity index (χ3n) is 4.14. The first-order chi connectivity index (χ1) is 10.1. The molecule has 0 spiro atoms. The van der Waals surface area contributed by atoms with Gasteiger partial charge in [0.25, 0.3) is 0 Å². The van der Waals surface area contributed by atoms with Crippen molar-refractivity contribution in [3.8, 4) is 0 Å². The first kappa shape index (κ1) is 13.6. The molecule has 1 aliphatic heterocycles. The number of Topliss-reactive ketones (excluding diaryl/α,β-unsaturated/α-hetero) is 1. The summed E-state index contributed by atoms with van der Waals surface area (Å²) in [6.45, 7) is 0.0786. The van der Waals surface area contributed by atoms with Crippen molar-refractivity contribution in [1.29, 1.82) is 0 Å². The molecule has 6 heteroatoms. The van der Waals surface area contributed by atoms with Gasteiger partial charge in [0.15, 0.2) is 0 Å². The average Bonchev–Trinajstić information content (AvgIpc) is 3.02. The summed E-state index contributed by atoms with van der Waals surface area (Å²) in [5.41, 5.74) is 0.821. The molecular weight excluding hydrogens is 274 g/mol. The van der Waals surface area contributed by atoms with E-state index in [1.54, 1.807) is 0 Å². The van der Waals surface area contributed by atoms with E-state index in [-0.39, 0.29) is 24.9 Å². The molecule has 1 saturated carbocycles. The van der Waals surface area contributed by atoms with Crippen LogP contribution < -0.4 is 0 Å². The molecule has 1 heterocycles. The van der Waals surface area contributed by atoms with Crippen LogP contribution in [0.1, 0.15) is 18.4 Å². The fourth-order valence-electron chi connectivity index (χ4n) is 3.20. The Labute approximate surface area is 121 Å². The monoisotopic (exact) mass is 289 g/mol. The van der Waals surface area contributed by atoms with E-state index in [1.165, 1.54) is 0 Å². The Balaban J connectivity index is 1.71. The molecule has 2 aliphatic rings. The Hall–Kier alpha value is -2.37. The molecular formula is C15H15NO5. The molecule has 1 aromatic rings. The summed E-state index contributed by atoms with van der Waals surface area (Å²) < 4.78 is 5.20. The molecule has 0 radical (unpaired) electrons. The van der Waals surface area contributed by atoms with Crippen LogP contribution in [0.25, 0.3) is 0 Å². The zero-order valence-corrected chi connectivity index (χ0v) is 11.3. The van der Waals surface area contributed by atoms with Gasteiger partial charge in [-0.15, -0.1) is 0 Å². The number of rotatable bonds is 3. The van der Waals surface area contributed by atoms with Crippen molar-refractivity contribution in [3.05, 3.63) is 35.9 Å². The number of nitrogens with zero attached hydrogens (tertiary/aromatic N) is 1. The highest BCUT2D eigenvalue weighted by molar-refractivity contribution is 5.95. The van der Waals surface area contributed by atoms with Crippen LogP contribution in [0.5, 0.6) is 0 Å². The lowest BCUT2D eigenvalue weighted by atomic mass is 9.98. The molecule has 1 amide bonds. The van der Waals surface area contributed by atoms with Gasteiger partial charge in [-0.2, -0.15) is 0 Å². The number of fused-ring (bicyclic) bond motifs is 2. The molecule has 2 fully saturated rings. The number of carboxylic acid groups (broad SMARTS) is 1. The summed E-state index contributed by atoms with van der Waals surface area (Å²) in [6, 6.07) is 7.77. The summed E-state index contributed by atoms with van der Waals surface area (Å²) >= 11 is 0. The minimum absolute atomic E-state index is 0.0424. The Morgan fingerprint density at radius 3 is 2.67 bits per heavy atom. The summed E-state index contributed by atoms with van der Waals surface area (Å²) in [6.07, 6.45) is -0.535. The zero-order chi connectivity index (χ0) is 15.0. The third-order valence-corrected chi connectivity index (χ3v) is 4.14. The van der Waals surface area contributed by atoms with Crippen molar-refractivity contribution in [3.63, 3.8) is 0 Å². The van der Waals surface area contributed by atoms with Gasteiger partial charge in [0.05, 0.1) is 5.92 Å². The van der Waals surface area contributed by atoms with E-state index in [0.717, 1.165) is 10.5 Å². The number of likely N-dealkylation sites (tertiary alicyclic amines) is 1. The topological polar surface area (TPSA) is 83.9 Å². The Kier molecular flexibility index (Phi) is 3.37. The van der Waals surface area contributed by atoms with Crippen molar-refractivity contribution >= 4 is 17.8 Å². The highest BCUT2D eigenvalue weighted by atomic mass is 16.5. The zero-order valence-electron chi connectivity index (χ0n) is 11.3. The maximum absolute atomic E-state index is 12.2.